The number of hydrogen-bond acceptors (Lipinski definition) is 5. The highest BCUT2D eigenvalue weighted by molar-refractivity contribution is 6.21. The summed E-state index contributed by atoms with van der Waals surface area (Å²) in [6.45, 7) is 17.2. The zero-order valence-corrected chi connectivity index (χ0v) is 25.8. The molecule has 0 aromatic heterocycles. The number of ketones is 1. The molecular formula is C35H54N2O3. The molecule has 1 aliphatic carbocycles. The Hall–Kier alpha value is -2.37. The number of hydrogen-bond donors (Lipinski definition) is 0. The van der Waals surface area contributed by atoms with Crippen molar-refractivity contribution in [1.29, 1.82) is 0 Å². The van der Waals surface area contributed by atoms with Crippen molar-refractivity contribution in [2.75, 3.05) is 52.5 Å². The highest BCUT2D eigenvalue weighted by Gasteiger charge is 2.27. The summed E-state index contributed by atoms with van der Waals surface area (Å²) in [4.78, 5) is 18.2. The maximum atomic E-state index is 13.0. The summed E-state index contributed by atoms with van der Waals surface area (Å²) in [7, 11) is 0. The van der Waals surface area contributed by atoms with Crippen molar-refractivity contribution >= 4 is 5.78 Å². The highest BCUT2D eigenvalue weighted by Crippen LogP contribution is 2.40. The maximum absolute atomic E-state index is 13.0. The molecule has 0 saturated heterocycles. The predicted molar refractivity (Wildman–Crippen MR) is 168 cm³/mol. The van der Waals surface area contributed by atoms with Crippen LogP contribution in [0.25, 0.3) is 11.1 Å². The first-order valence-electron chi connectivity index (χ1n) is 16.1. The molecule has 3 rings (SSSR count). The SMILES string of the molecule is CCCCN(CCCC)CCCOc1ccc2c(c1)-c1cc(OCCCN(CCCC)CCCC)ccc1C2=O. The van der Waals surface area contributed by atoms with Gasteiger partial charge in [0.1, 0.15) is 11.5 Å². The molecule has 2 aromatic carbocycles. The average Bonchev–Trinajstić information content (AvgIpc) is 3.25. The van der Waals surface area contributed by atoms with Crippen molar-refractivity contribution in [1.82, 2.24) is 9.80 Å². The van der Waals surface area contributed by atoms with E-state index in [4.69, 9.17) is 9.47 Å². The molecule has 40 heavy (non-hydrogen) atoms. The number of fused-ring (bicyclic) bond motifs is 3. The number of unbranched alkanes of at least 4 members (excludes halogenated alkanes) is 4. The third-order valence-electron chi connectivity index (χ3n) is 7.85. The Kier molecular flexibility index (Phi) is 14.6. The molecule has 1 aliphatic rings. The fourth-order valence-electron chi connectivity index (χ4n) is 5.37. The van der Waals surface area contributed by atoms with E-state index in [1.54, 1.807) is 0 Å². The normalized spacial score (nSPS) is 12.3. The van der Waals surface area contributed by atoms with Crippen LogP contribution in [0.15, 0.2) is 36.4 Å². The molecule has 5 heteroatoms. The zero-order valence-electron chi connectivity index (χ0n) is 25.8. The lowest BCUT2D eigenvalue weighted by Gasteiger charge is -2.22. The molecule has 0 saturated carbocycles. The maximum Gasteiger partial charge on any atom is 0.194 e. The van der Waals surface area contributed by atoms with E-state index in [9.17, 15) is 4.79 Å². The van der Waals surface area contributed by atoms with Crippen LogP contribution in [0.2, 0.25) is 0 Å². The molecule has 0 radical (unpaired) electrons. The second kappa shape index (κ2) is 18.1. The summed E-state index contributed by atoms with van der Waals surface area (Å²) in [5.41, 5.74) is 3.43. The second-order valence-corrected chi connectivity index (χ2v) is 11.2. The molecular weight excluding hydrogens is 496 g/mol. The van der Waals surface area contributed by atoms with Gasteiger partial charge in [0, 0.05) is 24.2 Å². The third kappa shape index (κ3) is 9.92. The Labute approximate surface area is 244 Å². The largest absolute Gasteiger partial charge is 0.494 e. The molecule has 0 N–H and O–H groups in total. The van der Waals surface area contributed by atoms with Gasteiger partial charge in [-0.3, -0.25) is 4.79 Å². The number of carbonyl (C=O) groups excluding carboxylic acids is 1. The smallest absolute Gasteiger partial charge is 0.194 e. The quantitative estimate of drug-likeness (QED) is 0.118. The molecule has 0 bridgehead atoms. The van der Waals surface area contributed by atoms with E-state index in [1.807, 2.05) is 36.4 Å². The van der Waals surface area contributed by atoms with Crippen LogP contribution in [0.1, 0.15) is 108 Å². The van der Waals surface area contributed by atoms with Gasteiger partial charge in [-0.15, -0.1) is 0 Å². The van der Waals surface area contributed by atoms with Gasteiger partial charge in [-0.2, -0.15) is 0 Å². The molecule has 0 amide bonds. The van der Waals surface area contributed by atoms with E-state index >= 15 is 0 Å². The molecule has 0 aliphatic heterocycles. The van der Waals surface area contributed by atoms with Crippen LogP contribution >= 0.6 is 0 Å². The minimum Gasteiger partial charge on any atom is -0.494 e. The predicted octanol–water partition coefficient (Wildman–Crippen LogP) is 8.24. The van der Waals surface area contributed by atoms with Crippen LogP contribution in [0.4, 0.5) is 0 Å². The molecule has 0 fully saturated rings. The average molecular weight is 551 g/mol. The van der Waals surface area contributed by atoms with Gasteiger partial charge in [0.25, 0.3) is 0 Å². The van der Waals surface area contributed by atoms with E-state index in [0.29, 0.717) is 13.2 Å². The number of nitrogens with zero attached hydrogens (tertiary/aromatic N) is 2. The number of benzene rings is 2. The van der Waals surface area contributed by atoms with Crippen molar-refractivity contribution in [3.8, 4) is 22.6 Å². The van der Waals surface area contributed by atoms with Crippen LogP contribution in [0.3, 0.4) is 0 Å². The molecule has 222 valence electrons. The van der Waals surface area contributed by atoms with Crippen LogP contribution in [-0.2, 0) is 0 Å². The first-order valence-corrected chi connectivity index (χ1v) is 16.1. The second-order valence-electron chi connectivity index (χ2n) is 11.2. The van der Waals surface area contributed by atoms with Crippen molar-refractivity contribution in [2.24, 2.45) is 0 Å². The molecule has 0 spiro atoms. The Bertz CT molecular complexity index is 926. The minimum absolute atomic E-state index is 0.0908. The molecule has 2 aromatic rings. The molecule has 0 atom stereocenters. The van der Waals surface area contributed by atoms with Crippen molar-refractivity contribution in [3.63, 3.8) is 0 Å². The lowest BCUT2D eigenvalue weighted by atomic mass is 10.1. The van der Waals surface area contributed by atoms with Gasteiger partial charge < -0.3 is 19.3 Å². The lowest BCUT2D eigenvalue weighted by Crippen LogP contribution is -2.28. The standard InChI is InChI=1S/C35H54N2O3/c1-5-9-19-36(20-10-6-2)23-13-25-39-29-15-17-31-33(27-29)34-28-30(16-18-32(34)35(31)38)40-26-14-24-37(21-11-7-3)22-12-8-4/h15-18,27-28H,5-14,19-26H2,1-4H3. The van der Waals surface area contributed by atoms with Crippen LogP contribution in [-0.4, -0.2) is 68.1 Å². The van der Waals surface area contributed by atoms with E-state index in [-0.39, 0.29) is 5.78 Å². The zero-order chi connectivity index (χ0) is 28.6. The Balaban J connectivity index is 1.54. The van der Waals surface area contributed by atoms with Crippen LogP contribution in [0.5, 0.6) is 11.5 Å². The lowest BCUT2D eigenvalue weighted by molar-refractivity contribution is 0.104. The van der Waals surface area contributed by atoms with Crippen molar-refractivity contribution < 1.29 is 14.3 Å². The van der Waals surface area contributed by atoms with Gasteiger partial charge >= 0.3 is 0 Å². The third-order valence-corrected chi connectivity index (χ3v) is 7.85. The van der Waals surface area contributed by atoms with Crippen molar-refractivity contribution in [3.05, 3.63) is 47.5 Å². The molecule has 0 unspecified atom stereocenters. The Morgan fingerprint density at radius 3 is 1.20 bits per heavy atom. The summed E-state index contributed by atoms with van der Waals surface area (Å²) in [6.07, 6.45) is 12.0. The fraction of sp³-hybridized carbons (Fsp3) is 0.629. The first kappa shape index (κ1) is 32.1. The van der Waals surface area contributed by atoms with Crippen molar-refractivity contribution in [2.45, 2.75) is 91.9 Å². The van der Waals surface area contributed by atoms with Gasteiger partial charge in [0.05, 0.1) is 13.2 Å². The van der Waals surface area contributed by atoms with Gasteiger partial charge in [-0.05, 0) is 112 Å². The van der Waals surface area contributed by atoms with E-state index in [1.165, 1.54) is 77.5 Å². The molecule has 0 heterocycles. The van der Waals surface area contributed by atoms with E-state index in [2.05, 4.69) is 37.5 Å². The first-order chi connectivity index (χ1) is 19.6. The summed E-state index contributed by atoms with van der Waals surface area (Å²) in [5, 5.41) is 0. The van der Waals surface area contributed by atoms with Gasteiger partial charge in [-0.1, -0.05) is 53.4 Å². The summed E-state index contributed by atoms with van der Waals surface area (Å²) in [5.74, 6) is 1.75. The highest BCUT2D eigenvalue weighted by atomic mass is 16.5. The topological polar surface area (TPSA) is 42.0 Å². The fourth-order valence-corrected chi connectivity index (χ4v) is 5.37. The number of carbonyl (C=O) groups is 1. The van der Waals surface area contributed by atoms with E-state index < -0.39 is 0 Å². The Morgan fingerprint density at radius 2 is 0.850 bits per heavy atom. The minimum atomic E-state index is 0.0908. The molecule has 5 nitrogen and oxygen atoms in total. The Morgan fingerprint density at radius 1 is 0.500 bits per heavy atom. The summed E-state index contributed by atoms with van der Waals surface area (Å²) < 4.78 is 12.3. The summed E-state index contributed by atoms with van der Waals surface area (Å²) in [6, 6.07) is 11.8. The van der Waals surface area contributed by atoms with Crippen LogP contribution < -0.4 is 9.47 Å². The van der Waals surface area contributed by atoms with Gasteiger partial charge in [-0.25, -0.2) is 0 Å². The van der Waals surface area contributed by atoms with Gasteiger partial charge in [0.2, 0.25) is 0 Å². The number of ether oxygens (including phenoxy) is 2. The summed E-state index contributed by atoms with van der Waals surface area (Å²) >= 11 is 0. The van der Waals surface area contributed by atoms with Gasteiger partial charge in [0.15, 0.2) is 5.78 Å². The van der Waals surface area contributed by atoms with E-state index in [0.717, 1.165) is 59.7 Å². The monoisotopic (exact) mass is 550 g/mol. The number of rotatable bonds is 22. The van der Waals surface area contributed by atoms with Crippen LogP contribution in [0, 0.1) is 0 Å².